The summed E-state index contributed by atoms with van der Waals surface area (Å²) < 4.78 is 17.9. The van der Waals surface area contributed by atoms with Gasteiger partial charge in [-0.05, 0) is 19.1 Å². The van der Waals surface area contributed by atoms with Crippen molar-refractivity contribution in [2.24, 2.45) is 0 Å². The van der Waals surface area contributed by atoms with Gasteiger partial charge in [-0.15, -0.1) is 6.42 Å². The second-order valence-corrected chi connectivity index (χ2v) is 2.85. The SMILES string of the molecule is C#CCOc1cc(F)ccc1[C@H](C)O. The van der Waals surface area contributed by atoms with E-state index in [1.807, 2.05) is 0 Å². The highest BCUT2D eigenvalue weighted by atomic mass is 19.1. The Morgan fingerprint density at radius 2 is 2.36 bits per heavy atom. The number of aliphatic hydroxyl groups is 1. The maximum atomic E-state index is 12.8. The molecule has 2 nitrogen and oxygen atoms in total. The highest BCUT2D eigenvalue weighted by Crippen LogP contribution is 2.25. The Balaban J connectivity index is 2.98. The van der Waals surface area contributed by atoms with Gasteiger partial charge in [0, 0.05) is 11.6 Å². The first-order valence-corrected chi connectivity index (χ1v) is 4.19. The monoisotopic (exact) mass is 194 g/mol. The predicted molar refractivity (Wildman–Crippen MR) is 51.4 cm³/mol. The Hall–Kier alpha value is -1.53. The number of benzene rings is 1. The van der Waals surface area contributed by atoms with Gasteiger partial charge in [0.25, 0.3) is 0 Å². The summed E-state index contributed by atoms with van der Waals surface area (Å²) in [5, 5.41) is 9.34. The standard InChI is InChI=1S/C11H11FO2/c1-3-6-14-11-7-9(12)4-5-10(11)8(2)13/h1,4-5,7-8,13H,6H2,2H3/t8-/m0/s1. The van der Waals surface area contributed by atoms with Crippen LogP contribution in [-0.2, 0) is 0 Å². The summed E-state index contributed by atoms with van der Waals surface area (Å²) in [6, 6.07) is 3.95. The fourth-order valence-electron chi connectivity index (χ4n) is 1.10. The van der Waals surface area contributed by atoms with Crippen LogP contribution in [0.1, 0.15) is 18.6 Å². The van der Waals surface area contributed by atoms with Crippen LogP contribution in [0.4, 0.5) is 4.39 Å². The van der Waals surface area contributed by atoms with Gasteiger partial charge in [-0.2, -0.15) is 0 Å². The Kier molecular flexibility index (Phi) is 3.49. The van der Waals surface area contributed by atoms with Gasteiger partial charge in [-0.25, -0.2) is 4.39 Å². The van der Waals surface area contributed by atoms with E-state index in [-0.39, 0.29) is 12.4 Å². The van der Waals surface area contributed by atoms with Crippen molar-refractivity contribution < 1.29 is 14.2 Å². The van der Waals surface area contributed by atoms with Crippen LogP contribution in [0.2, 0.25) is 0 Å². The third kappa shape index (κ3) is 2.48. The minimum absolute atomic E-state index is 0.0587. The molecule has 0 spiro atoms. The number of rotatable bonds is 3. The van der Waals surface area contributed by atoms with E-state index in [0.717, 1.165) is 0 Å². The molecule has 1 rings (SSSR count). The van der Waals surface area contributed by atoms with Gasteiger partial charge in [0.1, 0.15) is 18.2 Å². The normalized spacial score (nSPS) is 11.9. The number of hydrogen-bond donors (Lipinski definition) is 1. The average molecular weight is 194 g/mol. The second kappa shape index (κ2) is 4.64. The van der Waals surface area contributed by atoms with Crippen molar-refractivity contribution in [3.8, 4) is 18.1 Å². The van der Waals surface area contributed by atoms with E-state index in [1.165, 1.54) is 18.2 Å². The summed E-state index contributed by atoms with van der Waals surface area (Å²) in [7, 11) is 0. The van der Waals surface area contributed by atoms with Gasteiger partial charge in [0.2, 0.25) is 0 Å². The summed E-state index contributed by atoms with van der Waals surface area (Å²) in [5.41, 5.74) is 0.529. The first-order valence-electron chi connectivity index (χ1n) is 4.19. The molecule has 0 unspecified atom stereocenters. The van der Waals surface area contributed by atoms with E-state index in [9.17, 15) is 9.50 Å². The number of ether oxygens (including phenoxy) is 1. The Morgan fingerprint density at radius 1 is 1.64 bits per heavy atom. The quantitative estimate of drug-likeness (QED) is 0.744. The van der Waals surface area contributed by atoms with Crippen molar-refractivity contribution in [3.63, 3.8) is 0 Å². The molecule has 1 aromatic carbocycles. The maximum Gasteiger partial charge on any atom is 0.148 e. The third-order valence-electron chi connectivity index (χ3n) is 1.74. The van der Waals surface area contributed by atoms with Crippen molar-refractivity contribution in [2.75, 3.05) is 6.61 Å². The molecule has 3 heteroatoms. The molecule has 1 aromatic rings. The molecule has 0 radical (unpaired) electrons. The van der Waals surface area contributed by atoms with Crippen molar-refractivity contribution in [3.05, 3.63) is 29.6 Å². The van der Waals surface area contributed by atoms with E-state index in [0.29, 0.717) is 5.56 Å². The molecule has 0 aliphatic rings. The fraction of sp³-hybridized carbons (Fsp3) is 0.273. The molecule has 0 aliphatic heterocycles. The van der Waals surface area contributed by atoms with E-state index in [2.05, 4.69) is 5.92 Å². The van der Waals surface area contributed by atoms with E-state index in [4.69, 9.17) is 11.2 Å². The Labute approximate surface area is 82.3 Å². The van der Waals surface area contributed by atoms with E-state index < -0.39 is 11.9 Å². The highest BCUT2D eigenvalue weighted by molar-refractivity contribution is 5.35. The van der Waals surface area contributed by atoms with Crippen LogP contribution in [0.5, 0.6) is 5.75 Å². The zero-order valence-corrected chi connectivity index (χ0v) is 7.83. The average Bonchev–Trinajstić information content (AvgIpc) is 2.14. The smallest absolute Gasteiger partial charge is 0.148 e. The Bertz CT molecular complexity index is 353. The van der Waals surface area contributed by atoms with Crippen LogP contribution in [0.3, 0.4) is 0 Å². The second-order valence-electron chi connectivity index (χ2n) is 2.85. The fourth-order valence-corrected chi connectivity index (χ4v) is 1.10. The molecular weight excluding hydrogens is 183 g/mol. The third-order valence-corrected chi connectivity index (χ3v) is 1.74. The lowest BCUT2D eigenvalue weighted by Crippen LogP contribution is -2.01. The van der Waals surface area contributed by atoms with Gasteiger partial charge in [-0.1, -0.05) is 5.92 Å². The zero-order valence-electron chi connectivity index (χ0n) is 7.83. The lowest BCUT2D eigenvalue weighted by Gasteiger charge is -2.11. The van der Waals surface area contributed by atoms with Gasteiger partial charge in [0.05, 0.1) is 6.10 Å². The van der Waals surface area contributed by atoms with Crippen LogP contribution in [0.15, 0.2) is 18.2 Å². The van der Waals surface area contributed by atoms with E-state index in [1.54, 1.807) is 6.92 Å². The topological polar surface area (TPSA) is 29.5 Å². The minimum Gasteiger partial charge on any atom is -0.480 e. The molecule has 1 N–H and O–H groups in total. The molecule has 0 amide bonds. The summed E-state index contributed by atoms with van der Waals surface area (Å²) in [4.78, 5) is 0. The van der Waals surface area contributed by atoms with Crippen molar-refractivity contribution in [1.29, 1.82) is 0 Å². The first-order chi connectivity index (χ1) is 6.65. The molecule has 74 valence electrons. The number of hydrogen-bond acceptors (Lipinski definition) is 2. The summed E-state index contributed by atoms with van der Waals surface area (Å²) in [5.74, 6) is 2.15. The molecule has 0 saturated carbocycles. The van der Waals surface area contributed by atoms with Gasteiger partial charge >= 0.3 is 0 Å². The van der Waals surface area contributed by atoms with Crippen LogP contribution in [-0.4, -0.2) is 11.7 Å². The summed E-state index contributed by atoms with van der Waals surface area (Å²) in [6.45, 7) is 1.64. The molecule has 0 heterocycles. The lowest BCUT2D eigenvalue weighted by molar-refractivity contribution is 0.193. The van der Waals surface area contributed by atoms with Gasteiger partial charge < -0.3 is 9.84 Å². The molecule has 0 aromatic heterocycles. The molecule has 0 fully saturated rings. The number of halogens is 1. The molecule has 1 atom stereocenters. The first kappa shape index (κ1) is 10.6. The van der Waals surface area contributed by atoms with Crippen LogP contribution in [0, 0.1) is 18.2 Å². The number of aliphatic hydroxyl groups excluding tert-OH is 1. The van der Waals surface area contributed by atoms with E-state index >= 15 is 0 Å². The van der Waals surface area contributed by atoms with Crippen LogP contribution < -0.4 is 4.74 Å². The van der Waals surface area contributed by atoms with Gasteiger partial charge in [-0.3, -0.25) is 0 Å². The van der Waals surface area contributed by atoms with Crippen LogP contribution >= 0.6 is 0 Å². The molecular formula is C11H11FO2. The number of terminal acetylenes is 1. The highest BCUT2D eigenvalue weighted by Gasteiger charge is 2.09. The zero-order chi connectivity index (χ0) is 10.6. The molecule has 0 aliphatic carbocycles. The minimum atomic E-state index is -0.705. The van der Waals surface area contributed by atoms with Gasteiger partial charge in [0.15, 0.2) is 0 Å². The Morgan fingerprint density at radius 3 is 2.93 bits per heavy atom. The van der Waals surface area contributed by atoms with Crippen LogP contribution in [0.25, 0.3) is 0 Å². The van der Waals surface area contributed by atoms with Crippen molar-refractivity contribution in [1.82, 2.24) is 0 Å². The molecule has 0 saturated heterocycles. The van der Waals surface area contributed by atoms with Crippen molar-refractivity contribution >= 4 is 0 Å². The van der Waals surface area contributed by atoms with Crippen molar-refractivity contribution in [2.45, 2.75) is 13.0 Å². The summed E-state index contributed by atoms with van der Waals surface area (Å²) >= 11 is 0. The predicted octanol–water partition coefficient (Wildman–Crippen LogP) is 1.89. The molecule has 0 bridgehead atoms. The molecule has 14 heavy (non-hydrogen) atoms. The maximum absolute atomic E-state index is 12.8. The largest absolute Gasteiger partial charge is 0.480 e. The lowest BCUT2D eigenvalue weighted by atomic mass is 10.1. The summed E-state index contributed by atoms with van der Waals surface area (Å²) in [6.07, 6.45) is 4.30.